The van der Waals surface area contributed by atoms with Gasteiger partial charge in [0.15, 0.2) is 6.61 Å². The molecule has 0 aliphatic carbocycles. The highest BCUT2D eigenvalue weighted by molar-refractivity contribution is 5.96. The molecule has 1 aliphatic rings. The second-order valence-corrected chi connectivity index (χ2v) is 5.65. The Kier molecular flexibility index (Phi) is 4.89. The Bertz CT molecular complexity index is 778. The maximum Gasteiger partial charge on any atom is 0.422 e. The largest absolute Gasteiger partial charge is 0.467 e. The van der Waals surface area contributed by atoms with Gasteiger partial charge in [0.2, 0.25) is 5.88 Å². The van der Waals surface area contributed by atoms with E-state index in [0.717, 1.165) is 18.7 Å². The quantitative estimate of drug-likeness (QED) is 0.869. The molecule has 1 aliphatic heterocycles. The summed E-state index contributed by atoms with van der Waals surface area (Å²) in [5.41, 5.74) is 3.29. The van der Waals surface area contributed by atoms with Crippen molar-refractivity contribution < 1.29 is 22.7 Å². The third kappa shape index (κ3) is 4.48. The van der Waals surface area contributed by atoms with Crippen molar-refractivity contribution in [2.24, 2.45) is 0 Å². The monoisotopic (exact) mass is 351 g/mol. The average molecular weight is 351 g/mol. The molecule has 0 bridgehead atoms. The number of nitrogens with zero attached hydrogens (tertiary/aromatic N) is 1. The highest BCUT2D eigenvalue weighted by Gasteiger charge is 2.29. The Hall–Kier alpha value is -2.61. The Morgan fingerprint density at radius 2 is 2.04 bits per heavy atom. The minimum Gasteiger partial charge on any atom is -0.467 e. The first kappa shape index (κ1) is 17.2. The van der Waals surface area contributed by atoms with Crippen LogP contribution in [0, 0.1) is 0 Å². The summed E-state index contributed by atoms with van der Waals surface area (Å²) in [4.78, 5) is 16.0. The molecule has 25 heavy (non-hydrogen) atoms. The molecule has 2 aromatic rings. The molecule has 8 heteroatoms. The van der Waals surface area contributed by atoms with Gasteiger partial charge in [-0.3, -0.25) is 4.79 Å². The van der Waals surface area contributed by atoms with Gasteiger partial charge < -0.3 is 15.4 Å². The normalized spacial score (nSPS) is 13.4. The van der Waals surface area contributed by atoms with E-state index in [0.29, 0.717) is 0 Å². The number of carbonyl (C=O) groups is 1. The van der Waals surface area contributed by atoms with E-state index in [4.69, 9.17) is 0 Å². The van der Waals surface area contributed by atoms with Gasteiger partial charge in [0.25, 0.3) is 5.91 Å². The van der Waals surface area contributed by atoms with Crippen LogP contribution in [0.15, 0.2) is 36.5 Å². The summed E-state index contributed by atoms with van der Waals surface area (Å²) >= 11 is 0. The minimum atomic E-state index is -4.50. The van der Waals surface area contributed by atoms with Gasteiger partial charge in [0.05, 0.1) is 0 Å². The third-order valence-corrected chi connectivity index (χ3v) is 3.74. The van der Waals surface area contributed by atoms with Gasteiger partial charge in [-0.2, -0.15) is 13.2 Å². The van der Waals surface area contributed by atoms with E-state index in [-0.39, 0.29) is 18.0 Å². The molecule has 5 nitrogen and oxygen atoms in total. The molecule has 0 saturated carbocycles. The zero-order valence-corrected chi connectivity index (χ0v) is 13.2. The number of ether oxygens (including phenoxy) is 1. The zero-order valence-electron chi connectivity index (χ0n) is 13.2. The molecule has 0 saturated heterocycles. The summed E-state index contributed by atoms with van der Waals surface area (Å²) in [6.07, 6.45) is -3.22. The molecule has 0 unspecified atom stereocenters. The molecule has 3 rings (SSSR count). The van der Waals surface area contributed by atoms with Crippen LogP contribution in [0.25, 0.3) is 0 Å². The summed E-state index contributed by atoms with van der Waals surface area (Å²) in [6, 6.07) is 8.76. The lowest BCUT2D eigenvalue weighted by Crippen LogP contribution is -2.25. The zero-order chi connectivity index (χ0) is 17.9. The molecule has 0 radical (unpaired) electrons. The van der Waals surface area contributed by atoms with Crippen LogP contribution in [0.2, 0.25) is 0 Å². The van der Waals surface area contributed by atoms with Crippen molar-refractivity contribution in [2.75, 3.05) is 6.61 Å². The van der Waals surface area contributed by atoms with Crippen LogP contribution in [0.1, 0.15) is 27.0 Å². The summed E-state index contributed by atoms with van der Waals surface area (Å²) < 4.78 is 41.5. The number of aromatic nitrogens is 1. The molecular formula is C17H16F3N3O2. The Labute approximate surface area is 142 Å². The molecule has 2 N–H and O–H groups in total. The van der Waals surface area contributed by atoms with Crippen molar-refractivity contribution >= 4 is 5.91 Å². The van der Waals surface area contributed by atoms with Crippen LogP contribution in [-0.4, -0.2) is 23.7 Å². The van der Waals surface area contributed by atoms with Crippen molar-refractivity contribution in [1.29, 1.82) is 0 Å². The SMILES string of the molecule is O=C(NCc1ccc2c(c1)CNC2)c1cccnc1OCC(F)(F)F. The number of carbonyl (C=O) groups excluding carboxylic acids is 1. The smallest absolute Gasteiger partial charge is 0.422 e. The summed E-state index contributed by atoms with van der Waals surface area (Å²) in [7, 11) is 0. The predicted molar refractivity (Wildman–Crippen MR) is 83.9 cm³/mol. The number of nitrogens with one attached hydrogen (secondary N) is 2. The van der Waals surface area contributed by atoms with Crippen molar-refractivity contribution in [1.82, 2.24) is 15.6 Å². The average Bonchev–Trinajstić information content (AvgIpc) is 3.05. The molecule has 0 spiro atoms. The van der Waals surface area contributed by atoms with E-state index in [2.05, 4.69) is 20.4 Å². The molecule has 1 aromatic heterocycles. The number of hydrogen-bond donors (Lipinski definition) is 2. The highest BCUT2D eigenvalue weighted by Crippen LogP contribution is 2.20. The number of fused-ring (bicyclic) bond motifs is 1. The molecule has 1 amide bonds. The fraction of sp³-hybridized carbons (Fsp3) is 0.294. The number of rotatable bonds is 5. The second kappa shape index (κ2) is 7.10. The lowest BCUT2D eigenvalue weighted by molar-refractivity contribution is -0.154. The number of pyridine rings is 1. The van der Waals surface area contributed by atoms with Crippen LogP contribution < -0.4 is 15.4 Å². The van der Waals surface area contributed by atoms with Crippen LogP contribution in [-0.2, 0) is 19.6 Å². The Balaban J connectivity index is 1.65. The molecule has 0 atom stereocenters. The van der Waals surface area contributed by atoms with Gasteiger partial charge in [0, 0.05) is 25.8 Å². The third-order valence-electron chi connectivity index (χ3n) is 3.74. The Morgan fingerprint density at radius 3 is 2.84 bits per heavy atom. The van der Waals surface area contributed by atoms with Gasteiger partial charge in [-0.05, 0) is 28.8 Å². The topological polar surface area (TPSA) is 63.2 Å². The van der Waals surface area contributed by atoms with Gasteiger partial charge in [-0.1, -0.05) is 18.2 Å². The summed E-state index contributed by atoms with van der Waals surface area (Å²) in [6.45, 7) is 0.383. The van der Waals surface area contributed by atoms with E-state index in [1.807, 2.05) is 18.2 Å². The molecule has 132 valence electrons. The number of benzene rings is 1. The van der Waals surface area contributed by atoms with E-state index >= 15 is 0 Å². The standard InChI is InChI=1S/C17H16F3N3O2/c18-17(19,20)10-25-16-14(2-1-5-22-16)15(24)23-7-11-3-4-12-8-21-9-13(12)6-11/h1-6,21H,7-10H2,(H,23,24). The van der Waals surface area contributed by atoms with Gasteiger partial charge in [-0.15, -0.1) is 0 Å². The van der Waals surface area contributed by atoms with Gasteiger partial charge in [0.1, 0.15) is 5.56 Å². The first-order valence-electron chi connectivity index (χ1n) is 7.66. The number of amides is 1. The van der Waals surface area contributed by atoms with Gasteiger partial charge >= 0.3 is 6.18 Å². The maximum absolute atomic E-state index is 12.3. The maximum atomic E-state index is 12.3. The molecule has 2 heterocycles. The highest BCUT2D eigenvalue weighted by atomic mass is 19.4. The molecule has 0 fully saturated rings. The number of hydrogen-bond acceptors (Lipinski definition) is 4. The predicted octanol–water partition coefficient (Wildman–Crippen LogP) is 2.56. The van der Waals surface area contributed by atoms with E-state index in [9.17, 15) is 18.0 Å². The molecular weight excluding hydrogens is 335 g/mol. The van der Waals surface area contributed by atoms with Crippen molar-refractivity contribution in [3.63, 3.8) is 0 Å². The van der Waals surface area contributed by atoms with Crippen LogP contribution in [0.5, 0.6) is 5.88 Å². The van der Waals surface area contributed by atoms with Gasteiger partial charge in [-0.25, -0.2) is 4.98 Å². The van der Waals surface area contributed by atoms with Crippen LogP contribution in [0.4, 0.5) is 13.2 Å². The van der Waals surface area contributed by atoms with E-state index in [1.54, 1.807) is 0 Å². The van der Waals surface area contributed by atoms with Crippen molar-refractivity contribution in [2.45, 2.75) is 25.8 Å². The summed E-state index contributed by atoms with van der Waals surface area (Å²) in [5.74, 6) is -0.876. The van der Waals surface area contributed by atoms with Crippen molar-refractivity contribution in [3.8, 4) is 5.88 Å². The fourth-order valence-corrected chi connectivity index (χ4v) is 2.56. The second-order valence-electron chi connectivity index (χ2n) is 5.65. The lowest BCUT2D eigenvalue weighted by Gasteiger charge is -2.12. The Morgan fingerprint density at radius 1 is 1.24 bits per heavy atom. The number of halogens is 3. The van der Waals surface area contributed by atoms with E-state index < -0.39 is 18.7 Å². The fourth-order valence-electron chi connectivity index (χ4n) is 2.56. The lowest BCUT2D eigenvalue weighted by atomic mass is 10.1. The van der Waals surface area contributed by atoms with Crippen LogP contribution in [0.3, 0.4) is 0 Å². The minimum absolute atomic E-state index is 0.0328. The van der Waals surface area contributed by atoms with Crippen LogP contribution >= 0.6 is 0 Å². The van der Waals surface area contributed by atoms with E-state index in [1.165, 1.54) is 29.5 Å². The summed E-state index contributed by atoms with van der Waals surface area (Å²) in [5, 5.41) is 5.92. The first-order chi connectivity index (χ1) is 11.9. The number of alkyl halides is 3. The molecule has 1 aromatic carbocycles. The first-order valence-corrected chi connectivity index (χ1v) is 7.66. The van der Waals surface area contributed by atoms with Crippen molar-refractivity contribution in [3.05, 3.63) is 58.8 Å².